The van der Waals surface area contributed by atoms with Gasteiger partial charge >= 0.3 is 5.97 Å². The summed E-state index contributed by atoms with van der Waals surface area (Å²) in [6, 6.07) is 2.21. The molecule has 0 saturated heterocycles. The topological polar surface area (TPSA) is 50.1 Å². The summed E-state index contributed by atoms with van der Waals surface area (Å²) in [6.07, 6.45) is 8.44. The Morgan fingerprint density at radius 1 is 1.37 bits per heavy atom. The van der Waals surface area contributed by atoms with E-state index in [4.69, 9.17) is 10.00 Å². The van der Waals surface area contributed by atoms with E-state index in [2.05, 4.69) is 12.6 Å². The van der Waals surface area contributed by atoms with Gasteiger partial charge in [-0.25, -0.2) is 4.79 Å². The van der Waals surface area contributed by atoms with E-state index in [0.717, 1.165) is 31.6 Å². The summed E-state index contributed by atoms with van der Waals surface area (Å²) in [7, 11) is 0. The van der Waals surface area contributed by atoms with Gasteiger partial charge in [-0.15, -0.1) is 0 Å². The molecule has 1 aliphatic carbocycles. The first-order chi connectivity index (χ1) is 9.19. The highest BCUT2D eigenvalue weighted by molar-refractivity contribution is 5.87. The Kier molecular flexibility index (Phi) is 7.25. The van der Waals surface area contributed by atoms with Gasteiger partial charge in [0.1, 0.15) is 0 Å². The van der Waals surface area contributed by atoms with Gasteiger partial charge in [-0.1, -0.05) is 25.8 Å². The molecular weight excluding hydrogens is 238 g/mol. The average molecular weight is 263 g/mol. The average Bonchev–Trinajstić information content (AvgIpc) is 2.84. The van der Waals surface area contributed by atoms with E-state index in [1.807, 2.05) is 6.92 Å². The number of esters is 1. The number of unbranched alkanes of at least 4 members (excludes halogenated alkanes) is 1. The van der Waals surface area contributed by atoms with Crippen molar-refractivity contribution >= 4 is 5.97 Å². The van der Waals surface area contributed by atoms with E-state index in [1.165, 1.54) is 19.3 Å². The molecule has 0 aromatic carbocycles. The van der Waals surface area contributed by atoms with Crippen LogP contribution in [0.5, 0.6) is 0 Å². The first-order valence-electron chi connectivity index (χ1n) is 7.40. The van der Waals surface area contributed by atoms with Crippen molar-refractivity contribution in [1.82, 2.24) is 0 Å². The highest BCUT2D eigenvalue weighted by Crippen LogP contribution is 2.38. The minimum atomic E-state index is -0.249. The lowest BCUT2D eigenvalue weighted by atomic mass is 9.87. The molecule has 1 rings (SSSR count). The van der Waals surface area contributed by atoms with Crippen molar-refractivity contribution in [3.05, 3.63) is 12.2 Å². The van der Waals surface area contributed by atoms with Gasteiger partial charge in [0.05, 0.1) is 12.7 Å². The molecule has 2 atom stereocenters. The second-order valence-electron chi connectivity index (χ2n) is 5.36. The van der Waals surface area contributed by atoms with Crippen LogP contribution in [-0.4, -0.2) is 12.6 Å². The predicted octanol–water partition coefficient (Wildman–Crippen LogP) is 4.00. The third-order valence-corrected chi connectivity index (χ3v) is 4.06. The fourth-order valence-corrected chi connectivity index (χ4v) is 3.01. The monoisotopic (exact) mass is 263 g/mol. The van der Waals surface area contributed by atoms with E-state index in [0.29, 0.717) is 24.5 Å². The van der Waals surface area contributed by atoms with E-state index in [-0.39, 0.29) is 5.97 Å². The van der Waals surface area contributed by atoms with Crippen LogP contribution in [0.2, 0.25) is 0 Å². The number of rotatable bonds is 8. The largest absolute Gasteiger partial charge is 0.463 e. The van der Waals surface area contributed by atoms with E-state index in [1.54, 1.807) is 0 Å². The normalized spacial score (nSPS) is 21.9. The summed E-state index contributed by atoms with van der Waals surface area (Å²) in [4.78, 5) is 11.5. The van der Waals surface area contributed by atoms with Crippen LogP contribution < -0.4 is 0 Å². The van der Waals surface area contributed by atoms with Gasteiger partial charge in [-0.2, -0.15) is 5.26 Å². The maximum atomic E-state index is 11.5. The standard InChI is InChI=1S/C16H25NO2/c1-3-19-16(18)13(2)10-11-15-9-6-8-14(15)7-4-5-12-17/h14-15H,2-11H2,1H3/t14?,15-/m0/s1. The van der Waals surface area contributed by atoms with Crippen LogP contribution in [0.4, 0.5) is 0 Å². The Bertz CT molecular complexity index is 343. The number of carbonyl (C=O) groups is 1. The second-order valence-corrected chi connectivity index (χ2v) is 5.36. The van der Waals surface area contributed by atoms with Crippen molar-refractivity contribution < 1.29 is 9.53 Å². The van der Waals surface area contributed by atoms with Crippen molar-refractivity contribution in [2.75, 3.05) is 6.61 Å². The van der Waals surface area contributed by atoms with Crippen molar-refractivity contribution in [2.24, 2.45) is 11.8 Å². The van der Waals surface area contributed by atoms with Crippen LogP contribution in [0.1, 0.15) is 58.3 Å². The van der Waals surface area contributed by atoms with Crippen molar-refractivity contribution in [2.45, 2.75) is 58.3 Å². The third kappa shape index (κ3) is 5.46. The zero-order chi connectivity index (χ0) is 14.1. The smallest absolute Gasteiger partial charge is 0.333 e. The molecule has 3 heteroatoms. The molecule has 0 heterocycles. The van der Waals surface area contributed by atoms with Crippen LogP contribution in [0, 0.1) is 23.2 Å². The first-order valence-corrected chi connectivity index (χ1v) is 7.40. The molecule has 1 saturated carbocycles. The molecule has 1 unspecified atom stereocenters. The summed E-state index contributed by atoms with van der Waals surface area (Å²) in [5, 5.41) is 8.58. The van der Waals surface area contributed by atoms with Gasteiger partial charge in [0.15, 0.2) is 0 Å². The SMILES string of the molecule is C=C(CC[C@@H]1CCCC1CCCC#N)C(=O)OCC. The van der Waals surface area contributed by atoms with Gasteiger partial charge in [0, 0.05) is 12.0 Å². The lowest BCUT2D eigenvalue weighted by Gasteiger charge is -2.19. The van der Waals surface area contributed by atoms with Crippen molar-refractivity contribution in [3.63, 3.8) is 0 Å². The van der Waals surface area contributed by atoms with Crippen LogP contribution >= 0.6 is 0 Å². The fraction of sp³-hybridized carbons (Fsp3) is 0.750. The molecule has 0 radical (unpaired) electrons. The summed E-state index contributed by atoms with van der Waals surface area (Å²) < 4.78 is 4.95. The Morgan fingerprint density at radius 3 is 2.68 bits per heavy atom. The van der Waals surface area contributed by atoms with Crippen molar-refractivity contribution in [1.29, 1.82) is 5.26 Å². The second kappa shape index (κ2) is 8.74. The van der Waals surface area contributed by atoms with Crippen LogP contribution in [0.25, 0.3) is 0 Å². The minimum absolute atomic E-state index is 0.249. The highest BCUT2D eigenvalue weighted by atomic mass is 16.5. The molecule has 0 aromatic rings. The summed E-state index contributed by atoms with van der Waals surface area (Å²) in [6.45, 7) is 6.04. The van der Waals surface area contributed by atoms with Gasteiger partial charge in [0.2, 0.25) is 0 Å². The maximum absolute atomic E-state index is 11.5. The van der Waals surface area contributed by atoms with E-state index in [9.17, 15) is 4.79 Å². The zero-order valence-corrected chi connectivity index (χ0v) is 12.0. The Hall–Kier alpha value is -1.30. The first kappa shape index (κ1) is 15.8. The fourth-order valence-electron chi connectivity index (χ4n) is 3.01. The van der Waals surface area contributed by atoms with E-state index < -0.39 is 0 Å². The number of nitrogens with zero attached hydrogens (tertiary/aromatic N) is 1. The summed E-state index contributed by atoms with van der Waals surface area (Å²) in [5.41, 5.74) is 0.601. The molecule has 0 aliphatic heterocycles. The lowest BCUT2D eigenvalue weighted by Crippen LogP contribution is -2.11. The van der Waals surface area contributed by atoms with Gasteiger partial charge < -0.3 is 4.74 Å². The number of hydrogen-bond acceptors (Lipinski definition) is 3. The third-order valence-electron chi connectivity index (χ3n) is 4.06. The van der Waals surface area contributed by atoms with E-state index >= 15 is 0 Å². The number of carbonyl (C=O) groups excluding carboxylic acids is 1. The number of ether oxygens (including phenoxy) is 1. The summed E-state index contributed by atoms with van der Waals surface area (Å²) >= 11 is 0. The molecule has 3 nitrogen and oxygen atoms in total. The molecule has 1 aliphatic rings. The van der Waals surface area contributed by atoms with Gasteiger partial charge in [-0.05, 0) is 44.4 Å². The number of nitriles is 1. The Balaban J connectivity index is 2.29. The lowest BCUT2D eigenvalue weighted by molar-refractivity contribution is -0.138. The van der Waals surface area contributed by atoms with Crippen LogP contribution in [0.15, 0.2) is 12.2 Å². The molecule has 0 amide bonds. The highest BCUT2D eigenvalue weighted by Gasteiger charge is 2.26. The van der Waals surface area contributed by atoms with Gasteiger partial charge in [0.25, 0.3) is 0 Å². The quantitative estimate of drug-likeness (QED) is 0.378. The Labute approximate surface area is 116 Å². The molecule has 0 bridgehead atoms. The molecule has 106 valence electrons. The van der Waals surface area contributed by atoms with Crippen LogP contribution in [0.3, 0.4) is 0 Å². The van der Waals surface area contributed by atoms with Crippen LogP contribution in [-0.2, 0) is 9.53 Å². The van der Waals surface area contributed by atoms with Crippen molar-refractivity contribution in [3.8, 4) is 6.07 Å². The molecule has 0 N–H and O–H groups in total. The zero-order valence-electron chi connectivity index (χ0n) is 12.0. The Morgan fingerprint density at radius 2 is 2.05 bits per heavy atom. The molecular formula is C16H25NO2. The molecule has 1 fully saturated rings. The predicted molar refractivity (Wildman–Crippen MR) is 75.3 cm³/mol. The number of hydrogen-bond donors (Lipinski definition) is 0. The summed E-state index contributed by atoms with van der Waals surface area (Å²) in [5.74, 6) is 1.19. The maximum Gasteiger partial charge on any atom is 0.333 e. The minimum Gasteiger partial charge on any atom is -0.463 e. The molecule has 0 aromatic heterocycles. The molecule has 19 heavy (non-hydrogen) atoms. The molecule has 0 spiro atoms. The van der Waals surface area contributed by atoms with Gasteiger partial charge in [-0.3, -0.25) is 0 Å².